The van der Waals surface area contributed by atoms with Crippen LogP contribution in [0.5, 0.6) is 0 Å². The summed E-state index contributed by atoms with van der Waals surface area (Å²) in [5.74, 6) is 1.97. The Kier molecular flexibility index (Phi) is 6.91. The molecule has 2 aliphatic rings. The summed E-state index contributed by atoms with van der Waals surface area (Å²) in [5.41, 5.74) is 0. The molecule has 1 aromatic rings. The van der Waals surface area contributed by atoms with Gasteiger partial charge in [-0.2, -0.15) is 0 Å². The minimum absolute atomic E-state index is 0.240. The Morgan fingerprint density at radius 2 is 2.00 bits per heavy atom. The van der Waals surface area contributed by atoms with E-state index < -0.39 is 0 Å². The van der Waals surface area contributed by atoms with Gasteiger partial charge in [0.2, 0.25) is 5.91 Å². The van der Waals surface area contributed by atoms with Gasteiger partial charge in [-0.15, -0.1) is 0 Å². The van der Waals surface area contributed by atoms with Crippen LogP contribution in [0.2, 0.25) is 0 Å². The summed E-state index contributed by atoms with van der Waals surface area (Å²) >= 11 is 0. The van der Waals surface area contributed by atoms with Crippen LogP contribution < -0.4 is 5.32 Å². The Bertz CT molecular complexity index is 534. The van der Waals surface area contributed by atoms with Gasteiger partial charge < -0.3 is 14.8 Å². The van der Waals surface area contributed by atoms with Crippen molar-refractivity contribution in [2.75, 3.05) is 19.6 Å². The van der Waals surface area contributed by atoms with E-state index in [4.69, 9.17) is 0 Å². The van der Waals surface area contributed by atoms with E-state index in [2.05, 4.69) is 32.9 Å². The van der Waals surface area contributed by atoms with Crippen molar-refractivity contribution in [3.63, 3.8) is 0 Å². The van der Waals surface area contributed by atoms with Crippen LogP contribution >= 0.6 is 0 Å². The lowest BCUT2D eigenvalue weighted by molar-refractivity contribution is -0.122. The molecule has 1 saturated carbocycles. The molecule has 2 fully saturated rings. The Morgan fingerprint density at radius 3 is 2.76 bits per heavy atom. The number of aromatic nitrogens is 2. The molecule has 0 aromatic carbocycles. The Balaban J connectivity index is 1.44. The molecule has 0 radical (unpaired) electrons. The van der Waals surface area contributed by atoms with Gasteiger partial charge in [0.1, 0.15) is 5.82 Å². The molecule has 5 nitrogen and oxygen atoms in total. The molecule has 2 heterocycles. The summed E-state index contributed by atoms with van der Waals surface area (Å²) in [4.78, 5) is 19.4. The summed E-state index contributed by atoms with van der Waals surface area (Å²) in [5, 5.41) is 3.27. The summed E-state index contributed by atoms with van der Waals surface area (Å²) in [6.45, 7) is 6.18. The number of rotatable bonds is 6. The zero-order valence-corrected chi connectivity index (χ0v) is 15.8. The number of piperidine rings is 1. The van der Waals surface area contributed by atoms with Crippen molar-refractivity contribution in [2.45, 2.75) is 83.2 Å². The van der Waals surface area contributed by atoms with Crippen molar-refractivity contribution in [1.82, 2.24) is 19.8 Å². The predicted octanol–water partition coefficient (Wildman–Crippen LogP) is 3.31. The second-order valence-corrected chi connectivity index (χ2v) is 7.72. The van der Waals surface area contributed by atoms with E-state index in [9.17, 15) is 4.79 Å². The Morgan fingerprint density at radius 1 is 1.20 bits per heavy atom. The van der Waals surface area contributed by atoms with E-state index in [1.807, 2.05) is 6.20 Å². The van der Waals surface area contributed by atoms with Crippen molar-refractivity contribution in [2.24, 2.45) is 0 Å². The van der Waals surface area contributed by atoms with E-state index in [1.54, 1.807) is 0 Å². The molecule has 0 unspecified atom stereocenters. The zero-order valence-electron chi connectivity index (χ0n) is 15.8. The number of hydrogen-bond donors (Lipinski definition) is 1. The number of imidazole rings is 1. The van der Waals surface area contributed by atoms with Crippen LogP contribution in [0.15, 0.2) is 12.4 Å². The molecule has 1 aliphatic carbocycles. The number of nitrogens with zero attached hydrogens (tertiary/aromatic N) is 3. The second-order valence-electron chi connectivity index (χ2n) is 7.72. The van der Waals surface area contributed by atoms with E-state index in [1.165, 1.54) is 44.3 Å². The van der Waals surface area contributed by atoms with Crippen molar-refractivity contribution >= 4 is 5.91 Å². The lowest BCUT2D eigenvalue weighted by atomic mass is 9.97. The standard InChI is InChI=1S/C20H34N4O/c1-2-24-15-12-21-20(24)17-8-7-13-23(16-17)14-11-19(25)22-18-9-5-3-4-6-10-18/h12,15,17-18H,2-11,13-14,16H2,1H3,(H,22,25)/t17-/m0/s1. The first-order valence-electron chi connectivity index (χ1n) is 10.3. The minimum atomic E-state index is 0.240. The molecule has 0 spiro atoms. The number of amides is 1. The molecule has 0 bridgehead atoms. The quantitative estimate of drug-likeness (QED) is 0.804. The molecule has 5 heteroatoms. The van der Waals surface area contributed by atoms with Gasteiger partial charge in [-0.1, -0.05) is 25.7 Å². The highest BCUT2D eigenvalue weighted by Gasteiger charge is 2.25. The van der Waals surface area contributed by atoms with Crippen molar-refractivity contribution in [3.8, 4) is 0 Å². The van der Waals surface area contributed by atoms with Gasteiger partial charge in [-0.05, 0) is 39.2 Å². The smallest absolute Gasteiger partial charge is 0.221 e. The van der Waals surface area contributed by atoms with Gasteiger partial charge in [0.15, 0.2) is 0 Å². The normalized spacial score (nSPS) is 23.3. The SMILES string of the molecule is CCn1ccnc1[C@H]1CCCN(CCC(=O)NC2CCCCCC2)C1. The monoisotopic (exact) mass is 346 g/mol. The number of hydrogen-bond acceptors (Lipinski definition) is 3. The molecule has 25 heavy (non-hydrogen) atoms. The maximum atomic E-state index is 12.3. The van der Waals surface area contributed by atoms with Gasteiger partial charge in [0.25, 0.3) is 0 Å². The number of carbonyl (C=O) groups is 1. The van der Waals surface area contributed by atoms with E-state index in [-0.39, 0.29) is 5.91 Å². The maximum absolute atomic E-state index is 12.3. The van der Waals surface area contributed by atoms with Gasteiger partial charge in [0, 0.05) is 50.4 Å². The van der Waals surface area contributed by atoms with Crippen LogP contribution in [-0.4, -0.2) is 46.0 Å². The number of likely N-dealkylation sites (tertiary alicyclic amines) is 1. The summed E-state index contributed by atoms with van der Waals surface area (Å²) in [7, 11) is 0. The third kappa shape index (κ3) is 5.30. The van der Waals surface area contributed by atoms with Gasteiger partial charge >= 0.3 is 0 Å². The van der Waals surface area contributed by atoms with Crippen LogP contribution in [-0.2, 0) is 11.3 Å². The van der Waals surface area contributed by atoms with E-state index >= 15 is 0 Å². The van der Waals surface area contributed by atoms with Crippen LogP contribution in [0.25, 0.3) is 0 Å². The predicted molar refractivity (Wildman–Crippen MR) is 101 cm³/mol. The first-order chi connectivity index (χ1) is 12.3. The highest BCUT2D eigenvalue weighted by atomic mass is 16.1. The van der Waals surface area contributed by atoms with Crippen molar-refractivity contribution < 1.29 is 4.79 Å². The molecule has 3 rings (SSSR count). The van der Waals surface area contributed by atoms with Crippen LogP contribution in [0.1, 0.15) is 76.5 Å². The average molecular weight is 347 g/mol. The lowest BCUT2D eigenvalue weighted by Gasteiger charge is -2.32. The molecule has 1 saturated heterocycles. The second kappa shape index (κ2) is 9.37. The number of aryl methyl sites for hydroxylation is 1. The first kappa shape index (κ1) is 18.4. The topological polar surface area (TPSA) is 50.2 Å². The third-order valence-electron chi connectivity index (χ3n) is 5.83. The van der Waals surface area contributed by atoms with Gasteiger partial charge in [-0.3, -0.25) is 4.79 Å². The molecular formula is C20H34N4O. The maximum Gasteiger partial charge on any atom is 0.221 e. The van der Waals surface area contributed by atoms with Crippen molar-refractivity contribution in [1.29, 1.82) is 0 Å². The Labute approximate surface area is 152 Å². The van der Waals surface area contributed by atoms with Gasteiger partial charge in [-0.25, -0.2) is 4.98 Å². The molecule has 1 aliphatic heterocycles. The average Bonchev–Trinajstić information content (AvgIpc) is 2.97. The minimum Gasteiger partial charge on any atom is -0.353 e. The molecule has 1 atom stereocenters. The largest absolute Gasteiger partial charge is 0.353 e. The third-order valence-corrected chi connectivity index (χ3v) is 5.83. The summed E-state index contributed by atoms with van der Waals surface area (Å²) in [6.07, 6.45) is 14.6. The fourth-order valence-corrected chi connectivity index (χ4v) is 4.40. The van der Waals surface area contributed by atoms with E-state index in [0.717, 1.165) is 39.0 Å². The molecule has 1 amide bonds. The molecule has 1 aromatic heterocycles. The fraction of sp³-hybridized carbons (Fsp3) is 0.800. The highest BCUT2D eigenvalue weighted by molar-refractivity contribution is 5.76. The van der Waals surface area contributed by atoms with Crippen molar-refractivity contribution in [3.05, 3.63) is 18.2 Å². The highest BCUT2D eigenvalue weighted by Crippen LogP contribution is 2.26. The summed E-state index contributed by atoms with van der Waals surface area (Å²) in [6, 6.07) is 0.418. The molecule has 140 valence electrons. The number of carbonyl (C=O) groups excluding carboxylic acids is 1. The van der Waals surface area contributed by atoms with Crippen LogP contribution in [0, 0.1) is 0 Å². The molecular weight excluding hydrogens is 312 g/mol. The van der Waals surface area contributed by atoms with Crippen LogP contribution in [0.4, 0.5) is 0 Å². The number of nitrogens with one attached hydrogen (secondary N) is 1. The molecule has 1 N–H and O–H groups in total. The van der Waals surface area contributed by atoms with Gasteiger partial charge in [0.05, 0.1) is 0 Å². The summed E-state index contributed by atoms with van der Waals surface area (Å²) < 4.78 is 2.26. The first-order valence-corrected chi connectivity index (χ1v) is 10.3. The lowest BCUT2D eigenvalue weighted by Crippen LogP contribution is -2.40. The Hall–Kier alpha value is -1.36. The zero-order chi connectivity index (χ0) is 17.5. The fourth-order valence-electron chi connectivity index (χ4n) is 4.40. The van der Waals surface area contributed by atoms with E-state index in [0.29, 0.717) is 18.4 Å². The van der Waals surface area contributed by atoms with Crippen LogP contribution in [0.3, 0.4) is 0 Å².